The molecule has 1 aliphatic heterocycles. The minimum Gasteiger partial charge on any atom is -0.374 e. The normalized spacial score (nSPS) is 14.2. The van der Waals surface area contributed by atoms with Crippen LogP contribution in [0.3, 0.4) is 0 Å². The van der Waals surface area contributed by atoms with Crippen molar-refractivity contribution in [1.29, 1.82) is 0 Å². The topological polar surface area (TPSA) is 64.7 Å². The van der Waals surface area contributed by atoms with Crippen LogP contribution in [0.15, 0.2) is 48.5 Å². The highest BCUT2D eigenvalue weighted by Crippen LogP contribution is 2.29. The van der Waals surface area contributed by atoms with Gasteiger partial charge in [0.25, 0.3) is 0 Å². The Labute approximate surface area is 179 Å². The molecule has 0 aromatic heterocycles. The van der Waals surface area contributed by atoms with Crippen LogP contribution in [-0.2, 0) is 22.4 Å². The fraction of sp³-hybridized carbons (Fsp3) is 0.417. The van der Waals surface area contributed by atoms with Gasteiger partial charge in [0, 0.05) is 32.4 Å². The second kappa shape index (κ2) is 10.3. The Balaban J connectivity index is 1.54. The van der Waals surface area contributed by atoms with Gasteiger partial charge < -0.3 is 20.4 Å². The van der Waals surface area contributed by atoms with Gasteiger partial charge in [0.1, 0.15) is 0 Å². The van der Waals surface area contributed by atoms with Gasteiger partial charge in [-0.15, -0.1) is 0 Å². The van der Waals surface area contributed by atoms with Crippen LogP contribution >= 0.6 is 0 Å². The second-order valence-electron chi connectivity index (χ2n) is 8.09. The predicted octanol–water partition coefficient (Wildman–Crippen LogP) is 2.15. The maximum atomic E-state index is 12.3. The molecule has 0 saturated carbocycles. The minimum absolute atomic E-state index is 0.00333. The summed E-state index contributed by atoms with van der Waals surface area (Å²) < 4.78 is 0. The number of anilines is 1. The molecule has 1 atom stereocenters. The Morgan fingerprint density at radius 3 is 2.53 bits per heavy atom. The molecule has 2 aromatic rings. The van der Waals surface area contributed by atoms with Crippen molar-refractivity contribution >= 4 is 17.5 Å². The van der Waals surface area contributed by atoms with Crippen molar-refractivity contribution < 1.29 is 9.59 Å². The number of benzene rings is 2. The molecule has 1 heterocycles. The van der Waals surface area contributed by atoms with E-state index in [-0.39, 0.29) is 6.04 Å². The van der Waals surface area contributed by atoms with E-state index in [9.17, 15) is 9.59 Å². The van der Waals surface area contributed by atoms with Gasteiger partial charge in [-0.2, -0.15) is 0 Å². The zero-order chi connectivity index (χ0) is 21.5. The maximum Gasteiger partial charge on any atom is 0.309 e. The van der Waals surface area contributed by atoms with Gasteiger partial charge >= 0.3 is 11.8 Å². The zero-order valence-corrected chi connectivity index (χ0v) is 18.1. The number of nitrogens with zero attached hydrogens (tertiary/aromatic N) is 2. The van der Waals surface area contributed by atoms with Crippen LogP contribution in [0.2, 0.25) is 0 Å². The lowest BCUT2D eigenvalue weighted by molar-refractivity contribution is -0.139. The smallest absolute Gasteiger partial charge is 0.309 e. The molecule has 6 nitrogen and oxygen atoms in total. The first-order chi connectivity index (χ1) is 14.5. The van der Waals surface area contributed by atoms with Gasteiger partial charge in [-0.3, -0.25) is 9.59 Å². The van der Waals surface area contributed by atoms with Gasteiger partial charge in [-0.05, 0) is 56.1 Å². The highest BCUT2D eigenvalue weighted by atomic mass is 16.2. The van der Waals surface area contributed by atoms with E-state index in [1.54, 1.807) is 0 Å². The lowest BCUT2D eigenvalue weighted by atomic mass is 9.96. The van der Waals surface area contributed by atoms with Crippen molar-refractivity contribution in [3.8, 4) is 0 Å². The summed E-state index contributed by atoms with van der Waals surface area (Å²) in [5, 5.41) is 5.50. The minimum atomic E-state index is -0.590. The van der Waals surface area contributed by atoms with Crippen LogP contribution in [0, 0.1) is 0 Å². The molecule has 0 fully saturated rings. The molecule has 30 heavy (non-hydrogen) atoms. The number of aryl methyl sites for hydroxylation is 1. The number of hydrogen-bond acceptors (Lipinski definition) is 4. The first-order valence-corrected chi connectivity index (χ1v) is 10.6. The fourth-order valence-corrected chi connectivity index (χ4v) is 3.93. The molecule has 0 bridgehead atoms. The van der Waals surface area contributed by atoms with Crippen molar-refractivity contribution in [3.05, 3.63) is 65.2 Å². The third kappa shape index (κ3) is 5.60. The largest absolute Gasteiger partial charge is 0.374 e. The standard InChI is InChI=1S/C24H32N4O2/c1-27(2)22(20-11-12-21-19(16-20)10-7-15-28(21)3)17-26-24(30)23(29)25-14-13-18-8-5-4-6-9-18/h4-6,8-9,11-12,16,22H,7,10,13-15,17H2,1-3H3,(H,25,29)(H,26,30)/t22-/m1/s1. The average molecular weight is 409 g/mol. The molecule has 0 saturated heterocycles. The lowest BCUT2D eigenvalue weighted by Crippen LogP contribution is -2.43. The molecule has 6 heteroatoms. The molecule has 3 rings (SSSR count). The molecular formula is C24H32N4O2. The number of hydrogen-bond donors (Lipinski definition) is 2. The van der Waals surface area contributed by atoms with E-state index in [2.05, 4.69) is 45.7 Å². The van der Waals surface area contributed by atoms with E-state index >= 15 is 0 Å². The predicted molar refractivity (Wildman–Crippen MR) is 121 cm³/mol. The van der Waals surface area contributed by atoms with Gasteiger partial charge in [0.15, 0.2) is 0 Å². The number of likely N-dealkylation sites (N-methyl/N-ethyl adjacent to an activating group) is 1. The number of nitrogens with one attached hydrogen (secondary N) is 2. The van der Waals surface area contributed by atoms with E-state index in [1.807, 2.05) is 44.4 Å². The summed E-state index contributed by atoms with van der Waals surface area (Å²) in [7, 11) is 6.10. The average Bonchev–Trinajstić information content (AvgIpc) is 2.74. The van der Waals surface area contributed by atoms with Crippen molar-refractivity contribution in [1.82, 2.24) is 15.5 Å². The number of carbonyl (C=O) groups excluding carboxylic acids is 2. The first-order valence-electron chi connectivity index (χ1n) is 10.6. The van der Waals surface area contributed by atoms with Crippen molar-refractivity contribution in [2.24, 2.45) is 0 Å². The van der Waals surface area contributed by atoms with E-state index in [1.165, 1.54) is 11.3 Å². The number of amides is 2. The fourth-order valence-electron chi connectivity index (χ4n) is 3.93. The van der Waals surface area contributed by atoms with E-state index in [0.29, 0.717) is 19.5 Å². The van der Waals surface area contributed by atoms with Crippen LogP contribution in [0.4, 0.5) is 5.69 Å². The molecule has 2 amide bonds. The van der Waals surface area contributed by atoms with E-state index in [4.69, 9.17) is 0 Å². The van der Waals surface area contributed by atoms with E-state index in [0.717, 1.165) is 30.5 Å². The summed E-state index contributed by atoms with van der Waals surface area (Å²) in [6.07, 6.45) is 2.92. The van der Waals surface area contributed by atoms with Gasteiger partial charge in [-0.1, -0.05) is 42.5 Å². The third-order valence-electron chi connectivity index (χ3n) is 5.67. The maximum absolute atomic E-state index is 12.3. The molecule has 160 valence electrons. The van der Waals surface area contributed by atoms with Crippen LogP contribution < -0.4 is 15.5 Å². The van der Waals surface area contributed by atoms with Gasteiger partial charge in [0.05, 0.1) is 6.04 Å². The molecule has 2 N–H and O–H groups in total. The Morgan fingerprint density at radius 2 is 1.80 bits per heavy atom. The summed E-state index contributed by atoms with van der Waals surface area (Å²) in [5.41, 5.74) is 4.91. The Bertz CT molecular complexity index is 867. The Hall–Kier alpha value is -2.86. The molecule has 2 aromatic carbocycles. The van der Waals surface area contributed by atoms with Gasteiger partial charge in [0.2, 0.25) is 0 Å². The summed E-state index contributed by atoms with van der Waals surface area (Å²) in [4.78, 5) is 28.8. The third-order valence-corrected chi connectivity index (χ3v) is 5.67. The van der Waals surface area contributed by atoms with Crippen LogP contribution in [0.25, 0.3) is 0 Å². The second-order valence-corrected chi connectivity index (χ2v) is 8.09. The number of carbonyl (C=O) groups is 2. The SMILES string of the molecule is CN1CCCc2cc([C@@H](CNC(=O)C(=O)NCCc3ccccc3)N(C)C)ccc21. The zero-order valence-electron chi connectivity index (χ0n) is 18.1. The summed E-state index contributed by atoms with van der Waals surface area (Å²) >= 11 is 0. The summed E-state index contributed by atoms with van der Waals surface area (Å²) in [6.45, 7) is 1.90. The highest BCUT2D eigenvalue weighted by Gasteiger charge is 2.21. The van der Waals surface area contributed by atoms with Crippen LogP contribution in [0.1, 0.15) is 29.2 Å². The summed E-state index contributed by atoms with van der Waals surface area (Å²) in [5.74, 6) is -1.18. The molecule has 0 spiro atoms. The van der Waals surface area contributed by atoms with E-state index < -0.39 is 11.8 Å². The van der Waals surface area contributed by atoms with Crippen LogP contribution in [-0.4, -0.2) is 57.5 Å². The molecule has 0 aliphatic carbocycles. The van der Waals surface area contributed by atoms with Crippen molar-refractivity contribution in [2.75, 3.05) is 45.7 Å². The monoisotopic (exact) mass is 408 g/mol. The highest BCUT2D eigenvalue weighted by molar-refractivity contribution is 6.35. The number of rotatable bonds is 7. The molecule has 0 unspecified atom stereocenters. The molecule has 1 aliphatic rings. The van der Waals surface area contributed by atoms with Gasteiger partial charge in [-0.25, -0.2) is 0 Å². The van der Waals surface area contributed by atoms with Crippen molar-refractivity contribution in [2.45, 2.75) is 25.3 Å². The number of fused-ring (bicyclic) bond motifs is 1. The Morgan fingerprint density at radius 1 is 1.07 bits per heavy atom. The molecular weight excluding hydrogens is 376 g/mol. The quantitative estimate of drug-likeness (QED) is 0.689. The van der Waals surface area contributed by atoms with Crippen LogP contribution in [0.5, 0.6) is 0 Å². The van der Waals surface area contributed by atoms with Crippen molar-refractivity contribution in [3.63, 3.8) is 0 Å². The molecule has 0 radical (unpaired) electrons. The lowest BCUT2D eigenvalue weighted by Gasteiger charge is -2.30. The first kappa shape index (κ1) is 21.8. The Kier molecular flexibility index (Phi) is 7.46. The summed E-state index contributed by atoms with van der Waals surface area (Å²) in [6, 6.07) is 16.4.